The average molecular weight is 324 g/mol. The molecule has 1 aliphatic rings. The van der Waals surface area contributed by atoms with Gasteiger partial charge in [-0.3, -0.25) is 14.3 Å². The van der Waals surface area contributed by atoms with Crippen LogP contribution in [-0.2, 0) is 15.5 Å². The fourth-order valence-electron chi connectivity index (χ4n) is 2.40. The van der Waals surface area contributed by atoms with Crippen molar-refractivity contribution in [3.8, 4) is 0 Å². The van der Waals surface area contributed by atoms with E-state index in [1.807, 2.05) is 13.8 Å². The average Bonchev–Trinajstić information content (AvgIpc) is 2.52. The first kappa shape index (κ1) is 16.5. The largest absolute Gasteiger partial charge is 0.453 e. The van der Waals surface area contributed by atoms with Gasteiger partial charge in [-0.05, 0) is 32.0 Å². The van der Waals surface area contributed by atoms with Crippen molar-refractivity contribution >= 4 is 28.5 Å². The molecular weight excluding hydrogens is 304 g/mol. The Hall–Kier alpha value is -1.89. The number of ether oxygens (including phenoxy) is 1. The van der Waals surface area contributed by atoms with Gasteiger partial charge in [0.2, 0.25) is 0 Å². The zero-order valence-corrected chi connectivity index (χ0v) is 13.7. The number of amides is 2. The Morgan fingerprint density at radius 3 is 2.77 bits per heavy atom. The van der Waals surface area contributed by atoms with Crippen LogP contribution in [0.2, 0.25) is 0 Å². The maximum absolute atomic E-state index is 12.7. The number of carbonyl (C=O) groups is 2. The summed E-state index contributed by atoms with van der Waals surface area (Å²) >= 11 is 0. The van der Waals surface area contributed by atoms with Gasteiger partial charge in [-0.2, -0.15) is 0 Å². The predicted octanol–water partition coefficient (Wildman–Crippen LogP) is 1.85. The molecule has 0 aliphatic carbocycles. The van der Waals surface area contributed by atoms with Crippen LogP contribution in [0.5, 0.6) is 0 Å². The summed E-state index contributed by atoms with van der Waals surface area (Å²) in [6, 6.07) is 6.62. The van der Waals surface area contributed by atoms with Gasteiger partial charge in [-0.25, -0.2) is 4.79 Å². The van der Waals surface area contributed by atoms with E-state index in [-0.39, 0.29) is 17.2 Å². The van der Waals surface area contributed by atoms with Crippen molar-refractivity contribution in [2.45, 2.75) is 25.1 Å². The number of benzene rings is 1. The number of hydrogen-bond donors (Lipinski definition) is 1. The van der Waals surface area contributed by atoms with E-state index in [9.17, 15) is 13.8 Å². The fraction of sp³-hybridized carbons (Fsp3) is 0.467. The van der Waals surface area contributed by atoms with E-state index >= 15 is 0 Å². The lowest BCUT2D eigenvalue weighted by Crippen LogP contribution is -2.52. The molecule has 1 saturated heterocycles. The number of rotatable bonds is 2. The molecule has 0 spiro atoms. The minimum Gasteiger partial charge on any atom is -0.453 e. The zero-order chi connectivity index (χ0) is 16.3. The third-order valence-electron chi connectivity index (χ3n) is 3.92. The first-order valence-electron chi connectivity index (χ1n) is 7.07. The van der Waals surface area contributed by atoms with Gasteiger partial charge in [0.05, 0.1) is 12.4 Å². The summed E-state index contributed by atoms with van der Waals surface area (Å²) in [5.41, 5.74) is 0.986. The number of hydrogen-bond acceptors (Lipinski definition) is 4. The molecule has 1 fully saturated rings. The van der Waals surface area contributed by atoms with Crippen LogP contribution in [-0.4, -0.2) is 51.8 Å². The fourth-order valence-corrected chi connectivity index (χ4v) is 3.74. The SMILES string of the molecule is COC(=O)Nc1cccc(C(=O)N2CC[S@@](=O)[C@H](C)[C@@H]2C)c1. The van der Waals surface area contributed by atoms with Crippen molar-refractivity contribution in [3.05, 3.63) is 29.8 Å². The van der Waals surface area contributed by atoms with E-state index in [2.05, 4.69) is 10.1 Å². The number of nitrogens with one attached hydrogen (secondary N) is 1. The first-order chi connectivity index (χ1) is 10.4. The summed E-state index contributed by atoms with van der Waals surface area (Å²) in [5.74, 6) is 0.377. The molecule has 0 aromatic heterocycles. The van der Waals surface area contributed by atoms with E-state index in [0.29, 0.717) is 23.5 Å². The molecule has 2 rings (SSSR count). The van der Waals surface area contributed by atoms with Crippen molar-refractivity contribution in [3.63, 3.8) is 0 Å². The molecule has 7 heteroatoms. The molecule has 3 atom stereocenters. The van der Waals surface area contributed by atoms with E-state index in [1.54, 1.807) is 29.2 Å². The highest BCUT2D eigenvalue weighted by Gasteiger charge is 2.33. The van der Waals surface area contributed by atoms with Crippen molar-refractivity contribution in [2.75, 3.05) is 24.7 Å². The highest BCUT2D eigenvalue weighted by atomic mass is 32.2. The lowest BCUT2D eigenvalue weighted by Gasteiger charge is -2.37. The summed E-state index contributed by atoms with van der Waals surface area (Å²) in [6.07, 6.45) is -0.583. The monoisotopic (exact) mass is 324 g/mol. The standard InChI is InChI=1S/C15H20N2O4S/c1-10-11(2)22(20)8-7-17(10)14(18)12-5-4-6-13(9-12)16-15(19)21-3/h4-6,9-11H,7-8H2,1-3H3,(H,16,19)/t10-,11+,22+/m0/s1. The Balaban J connectivity index is 2.17. The van der Waals surface area contributed by atoms with Crippen molar-refractivity contribution in [1.29, 1.82) is 0 Å². The molecule has 0 saturated carbocycles. The molecule has 6 nitrogen and oxygen atoms in total. The Labute approximate surface area is 132 Å². The van der Waals surface area contributed by atoms with Crippen molar-refractivity contribution < 1.29 is 18.5 Å². The number of nitrogens with zero attached hydrogens (tertiary/aromatic N) is 1. The molecule has 22 heavy (non-hydrogen) atoms. The summed E-state index contributed by atoms with van der Waals surface area (Å²) in [4.78, 5) is 25.6. The third kappa shape index (κ3) is 3.47. The molecular formula is C15H20N2O4S. The summed E-state index contributed by atoms with van der Waals surface area (Å²) in [6.45, 7) is 4.29. The molecule has 0 bridgehead atoms. The molecule has 1 aliphatic heterocycles. The van der Waals surface area contributed by atoms with Crippen LogP contribution >= 0.6 is 0 Å². The second kappa shape index (κ2) is 6.91. The van der Waals surface area contributed by atoms with Crippen molar-refractivity contribution in [2.24, 2.45) is 0 Å². The Kier molecular flexibility index (Phi) is 5.18. The van der Waals surface area contributed by atoms with Gasteiger partial charge in [0, 0.05) is 40.4 Å². The molecule has 1 N–H and O–H groups in total. The molecule has 2 amide bonds. The van der Waals surface area contributed by atoms with E-state index in [4.69, 9.17) is 0 Å². The van der Waals surface area contributed by atoms with Crippen LogP contribution in [0.15, 0.2) is 24.3 Å². The summed E-state index contributed by atoms with van der Waals surface area (Å²) in [7, 11) is 0.389. The van der Waals surface area contributed by atoms with Gasteiger partial charge in [-0.15, -0.1) is 0 Å². The Bertz CT molecular complexity index is 605. The van der Waals surface area contributed by atoms with Gasteiger partial charge in [0.15, 0.2) is 0 Å². The van der Waals surface area contributed by atoms with Crippen LogP contribution in [0.4, 0.5) is 10.5 Å². The van der Waals surface area contributed by atoms with Crippen molar-refractivity contribution in [1.82, 2.24) is 4.90 Å². The quantitative estimate of drug-likeness (QED) is 0.901. The van der Waals surface area contributed by atoms with Crippen LogP contribution in [0.1, 0.15) is 24.2 Å². The Morgan fingerprint density at radius 1 is 1.36 bits per heavy atom. The topological polar surface area (TPSA) is 75.7 Å². The van der Waals surface area contributed by atoms with Gasteiger partial charge in [-0.1, -0.05) is 6.07 Å². The Morgan fingerprint density at radius 2 is 2.09 bits per heavy atom. The van der Waals surface area contributed by atoms with Crippen LogP contribution in [0.3, 0.4) is 0 Å². The third-order valence-corrected chi connectivity index (χ3v) is 5.73. The number of anilines is 1. The molecule has 1 aromatic carbocycles. The van der Waals surface area contributed by atoms with Crippen LogP contribution in [0, 0.1) is 0 Å². The maximum Gasteiger partial charge on any atom is 0.411 e. The normalized spacial score (nSPS) is 24.7. The summed E-state index contributed by atoms with van der Waals surface area (Å²) < 4.78 is 16.4. The minimum atomic E-state index is -0.890. The number of carbonyl (C=O) groups excluding carboxylic acids is 2. The molecule has 0 unspecified atom stereocenters. The van der Waals surface area contributed by atoms with Gasteiger partial charge < -0.3 is 9.64 Å². The maximum atomic E-state index is 12.7. The summed E-state index contributed by atoms with van der Waals surface area (Å²) in [5, 5.41) is 2.49. The predicted molar refractivity (Wildman–Crippen MR) is 85.4 cm³/mol. The highest BCUT2D eigenvalue weighted by molar-refractivity contribution is 7.85. The second-order valence-electron chi connectivity index (χ2n) is 5.23. The van der Waals surface area contributed by atoms with Gasteiger partial charge in [0.25, 0.3) is 5.91 Å². The lowest BCUT2D eigenvalue weighted by atomic mass is 10.1. The molecule has 1 heterocycles. The molecule has 1 aromatic rings. The lowest BCUT2D eigenvalue weighted by molar-refractivity contribution is 0.0695. The second-order valence-corrected chi connectivity index (χ2v) is 7.14. The highest BCUT2D eigenvalue weighted by Crippen LogP contribution is 2.20. The van der Waals surface area contributed by atoms with E-state index in [0.717, 1.165) is 0 Å². The smallest absolute Gasteiger partial charge is 0.411 e. The molecule has 0 radical (unpaired) electrons. The van der Waals surface area contributed by atoms with E-state index < -0.39 is 16.9 Å². The minimum absolute atomic E-state index is 0.0472. The number of methoxy groups -OCH3 is 1. The van der Waals surface area contributed by atoms with E-state index in [1.165, 1.54) is 7.11 Å². The zero-order valence-electron chi connectivity index (χ0n) is 12.9. The van der Waals surface area contributed by atoms with Gasteiger partial charge >= 0.3 is 6.09 Å². The molecule has 120 valence electrons. The van der Waals surface area contributed by atoms with Crippen LogP contribution < -0.4 is 5.32 Å². The van der Waals surface area contributed by atoms with Gasteiger partial charge in [0.1, 0.15) is 0 Å². The van der Waals surface area contributed by atoms with Crippen LogP contribution in [0.25, 0.3) is 0 Å². The first-order valence-corrected chi connectivity index (χ1v) is 8.45.